The number of hydrogen-bond donors (Lipinski definition) is 2. The van der Waals surface area contributed by atoms with Gasteiger partial charge in [-0.15, -0.1) is 0 Å². The van der Waals surface area contributed by atoms with Gasteiger partial charge in [-0.1, -0.05) is 6.92 Å². The fraction of sp³-hybridized carbons (Fsp3) is 0.636. The molecule has 0 radical (unpaired) electrons. The van der Waals surface area contributed by atoms with E-state index in [0.717, 1.165) is 31.1 Å². The van der Waals surface area contributed by atoms with Crippen LogP contribution in [0.1, 0.15) is 20.3 Å². The average Bonchev–Trinajstić information content (AvgIpc) is 2.26. The van der Waals surface area contributed by atoms with Gasteiger partial charge < -0.3 is 16.0 Å². The van der Waals surface area contributed by atoms with Crippen molar-refractivity contribution in [2.45, 2.75) is 26.3 Å². The van der Waals surface area contributed by atoms with Crippen LogP contribution in [0, 0.1) is 0 Å². The zero-order valence-electron chi connectivity index (χ0n) is 10.3. The number of anilines is 2. The van der Waals surface area contributed by atoms with Crippen LogP contribution in [-0.4, -0.2) is 36.1 Å². The predicted molar refractivity (Wildman–Crippen MR) is 67.7 cm³/mol. The number of rotatable bonds is 6. The molecule has 1 rings (SSSR count). The molecule has 0 amide bonds. The first-order valence-electron chi connectivity index (χ1n) is 5.66. The Bertz CT molecular complexity index is 313. The summed E-state index contributed by atoms with van der Waals surface area (Å²) in [5.41, 5.74) is 5.75. The first-order chi connectivity index (χ1) is 7.63. The van der Waals surface area contributed by atoms with Crippen LogP contribution in [0.2, 0.25) is 0 Å². The number of nitrogens with two attached hydrogens (primary N) is 1. The highest BCUT2D eigenvalue weighted by molar-refractivity contribution is 5.47. The third kappa shape index (κ3) is 4.02. The first-order valence-corrected chi connectivity index (χ1v) is 5.66. The number of aromatic nitrogens is 2. The molecule has 0 bridgehead atoms. The third-order valence-electron chi connectivity index (χ3n) is 2.16. The van der Waals surface area contributed by atoms with Gasteiger partial charge in [0.25, 0.3) is 0 Å². The smallest absolute Gasteiger partial charge is 0.133 e. The maximum absolute atomic E-state index is 5.75. The summed E-state index contributed by atoms with van der Waals surface area (Å²) in [5, 5.41) is 3.23. The summed E-state index contributed by atoms with van der Waals surface area (Å²) >= 11 is 0. The maximum Gasteiger partial charge on any atom is 0.133 e. The number of hydrogen-bond acceptors (Lipinski definition) is 5. The maximum atomic E-state index is 5.75. The van der Waals surface area contributed by atoms with Crippen molar-refractivity contribution >= 4 is 11.6 Å². The number of nitrogens with zero attached hydrogens (tertiary/aromatic N) is 3. The second-order valence-electron chi connectivity index (χ2n) is 4.05. The first kappa shape index (κ1) is 12.7. The topological polar surface area (TPSA) is 67.1 Å². The van der Waals surface area contributed by atoms with E-state index in [0.29, 0.717) is 0 Å². The van der Waals surface area contributed by atoms with Gasteiger partial charge in [0.05, 0.1) is 0 Å². The molecule has 5 nitrogen and oxygen atoms in total. The van der Waals surface area contributed by atoms with Gasteiger partial charge in [-0.2, -0.15) is 0 Å². The van der Waals surface area contributed by atoms with Crippen LogP contribution in [0.4, 0.5) is 11.6 Å². The Morgan fingerprint density at radius 3 is 2.88 bits per heavy atom. The highest BCUT2D eigenvalue weighted by Gasteiger charge is 2.05. The second kappa shape index (κ2) is 6.27. The molecule has 1 unspecified atom stereocenters. The van der Waals surface area contributed by atoms with Crippen molar-refractivity contribution in [2.75, 3.05) is 30.4 Å². The Balaban J connectivity index is 2.65. The molecule has 1 aromatic rings. The van der Waals surface area contributed by atoms with Crippen molar-refractivity contribution in [3.63, 3.8) is 0 Å². The van der Waals surface area contributed by atoms with Crippen molar-refractivity contribution in [3.8, 4) is 0 Å². The Morgan fingerprint density at radius 2 is 2.25 bits per heavy atom. The molecule has 0 aliphatic carbocycles. The summed E-state index contributed by atoms with van der Waals surface area (Å²) in [6, 6.07) is 2.07. The minimum Gasteiger partial charge on any atom is -0.370 e. The zero-order valence-corrected chi connectivity index (χ0v) is 10.3. The molecular formula is C11H21N5. The number of likely N-dealkylation sites (N-methyl/N-ethyl adjacent to an activating group) is 1. The highest BCUT2D eigenvalue weighted by atomic mass is 15.2. The quantitative estimate of drug-likeness (QED) is 0.755. The molecule has 0 aliphatic rings. The SMILES string of the molecule is CCCNc1cc(N(C)CC(C)N)ncn1. The molecule has 16 heavy (non-hydrogen) atoms. The van der Waals surface area contributed by atoms with Gasteiger partial charge in [0.1, 0.15) is 18.0 Å². The molecule has 1 aromatic heterocycles. The van der Waals surface area contributed by atoms with Gasteiger partial charge in [0, 0.05) is 32.2 Å². The molecule has 90 valence electrons. The van der Waals surface area contributed by atoms with Crippen molar-refractivity contribution in [1.82, 2.24) is 9.97 Å². The normalized spacial score (nSPS) is 12.2. The molecular weight excluding hydrogens is 202 g/mol. The van der Waals surface area contributed by atoms with Crippen molar-refractivity contribution in [3.05, 3.63) is 12.4 Å². The van der Waals surface area contributed by atoms with E-state index in [2.05, 4.69) is 22.2 Å². The minimum atomic E-state index is 0.131. The Labute approximate surface area is 97.1 Å². The average molecular weight is 223 g/mol. The molecule has 3 N–H and O–H groups in total. The Kier molecular flexibility index (Phi) is 4.98. The summed E-state index contributed by atoms with van der Waals surface area (Å²) in [6.45, 7) is 5.81. The van der Waals surface area contributed by atoms with E-state index in [9.17, 15) is 0 Å². The van der Waals surface area contributed by atoms with E-state index in [1.54, 1.807) is 6.33 Å². The van der Waals surface area contributed by atoms with E-state index >= 15 is 0 Å². The summed E-state index contributed by atoms with van der Waals surface area (Å²) < 4.78 is 0. The van der Waals surface area contributed by atoms with Crippen molar-refractivity contribution in [1.29, 1.82) is 0 Å². The van der Waals surface area contributed by atoms with Gasteiger partial charge in [0.15, 0.2) is 0 Å². The largest absolute Gasteiger partial charge is 0.370 e. The van der Waals surface area contributed by atoms with Gasteiger partial charge in [-0.3, -0.25) is 0 Å². The van der Waals surface area contributed by atoms with Crippen LogP contribution in [0.3, 0.4) is 0 Å². The van der Waals surface area contributed by atoms with Gasteiger partial charge in [-0.05, 0) is 13.3 Å². The molecule has 0 aliphatic heterocycles. The molecule has 0 aromatic carbocycles. The molecule has 0 saturated heterocycles. The standard InChI is InChI=1S/C11H21N5/c1-4-5-13-10-6-11(15-8-14-10)16(3)7-9(2)12/h6,8-9H,4-5,7,12H2,1-3H3,(H,13,14,15). The molecule has 0 fully saturated rings. The van der Waals surface area contributed by atoms with Crippen LogP contribution in [-0.2, 0) is 0 Å². The Hall–Kier alpha value is -1.36. The van der Waals surface area contributed by atoms with Gasteiger partial charge >= 0.3 is 0 Å². The van der Waals surface area contributed by atoms with Crippen molar-refractivity contribution in [2.24, 2.45) is 5.73 Å². The summed E-state index contributed by atoms with van der Waals surface area (Å²) in [6.07, 6.45) is 2.65. The lowest BCUT2D eigenvalue weighted by molar-refractivity contribution is 0.711. The van der Waals surface area contributed by atoms with E-state index in [-0.39, 0.29) is 6.04 Å². The summed E-state index contributed by atoms with van der Waals surface area (Å²) in [7, 11) is 1.98. The minimum absolute atomic E-state index is 0.131. The molecule has 1 heterocycles. The molecule has 1 atom stereocenters. The fourth-order valence-corrected chi connectivity index (χ4v) is 1.43. The second-order valence-corrected chi connectivity index (χ2v) is 4.05. The highest BCUT2D eigenvalue weighted by Crippen LogP contribution is 2.12. The van der Waals surface area contributed by atoms with Crippen LogP contribution >= 0.6 is 0 Å². The Morgan fingerprint density at radius 1 is 1.50 bits per heavy atom. The van der Waals surface area contributed by atoms with Crippen molar-refractivity contribution < 1.29 is 0 Å². The van der Waals surface area contributed by atoms with Crippen LogP contribution in [0.5, 0.6) is 0 Å². The van der Waals surface area contributed by atoms with E-state index in [1.165, 1.54) is 0 Å². The fourth-order valence-electron chi connectivity index (χ4n) is 1.43. The molecule has 0 saturated carbocycles. The monoisotopic (exact) mass is 223 g/mol. The predicted octanol–water partition coefficient (Wildman–Crippen LogP) is 1.08. The van der Waals surface area contributed by atoms with Crippen LogP contribution in [0.15, 0.2) is 12.4 Å². The molecule has 0 spiro atoms. The lowest BCUT2D eigenvalue weighted by Gasteiger charge is -2.20. The van der Waals surface area contributed by atoms with E-state index in [1.807, 2.05) is 24.9 Å². The van der Waals surface area contributed by atoms with Crippen LogP contribution in [0.25, 0.3) is 0 Å². The van der Waals surface area contributed by atoms with Gasteiger partial charge in [-0.25, -0.2) is 9.97 Å². The lowest BCUT2D eigenvalue weighted by Crippen LogP contribution is -2.33. The number of nitrogens with one attached hydrogen (secondary N) is 1. The lowest BCUT2D eigenvalue weighted by atomic mass is 10.3. The van der Waals surface area contributed by atoms with E-state index in [4.69, 9.17) is 5.73 Å². The summed E-state index contributed by atoms with van der Waals surface area (Å²) in [4.78, 5) is 10.4. The van der Waals surface area contributed by atoms with Crippen LogP contribution < -0.4 is 16.0 Å². The van der Waals surface area contributed by atoms with Gasteiger partial charge in [0.2, 0.25) is 0 Å². The third-order valence-corrected chi connectivity index (χ3v) is 2.16. The molecule has 5 heteroatoms. The summed E-state index contributed by atoms with van der Waals surface area (Å²) in [5.74, 6) is 1.76. The zero-order chi connectivity index (χ0) is 12.0. The van der Waals surface area contributed by atoms with E-state index < -0.39 is 0 Å².